The normalized spacial score (nSPS) is 11.5. The van der Waals surface area contributed by atoms with Gasteiger partial charge in [0.05, 0.1) is 11.0 Å². The zero-order valence-electron chi connectivity index (χ0n) is 9.37. The average Bonchev–Trinajstić information content (AvgIpc) is 2.20. The highest BCUT2D eigenvalue weighted by molar-refractivity contribution is 5.34. The molecule has 0 atom stereocenters. The summed E-state index contributed by atoms with van der Waals surface area (Å²) in [5.41, 5.74) is 5.57. The van der Waals surface area contributed by atoms with Crippen molar-refractivity contribution in [2.24, 2.45) is 11.1 Å². The number of benzene rings is 1. The summed E-state index contributed by atoms with van der Waals surface area (Å²) in [5, 5.41) is 10.4. The third kappa shape index (κ3) is 3.00. The molecule has 1 rings (SSSR count). The van der Waals surface area contributed by atoms with Gasteiger partial charge in [-0.05, 0) is 30.0 Å². The quantitative estimate of drug-likeness (QED) is 0.632. The molecular weight excluding hydrogens is 211 g/mol. The van der Waals surface area contributed by atoms with E-state index in [-0.39, 0.29) is 11.1 Å². The molecule has 0 unspecified atom stereocenters. The van der Waals surface area contributed by atoms with Gasteiger partial charge in [0, 0.05) is 6.07 Å². The zero-order valence-corrected chi connectivity index (χ0v) is 9.37. The van der Waals surface area contributed by atoms with Gasteiger partial charge in [-0.1, -0.05) is 13.8 Å². The summed E-state index contributed by atoms with van der Waals surface area (Å²) in [4.78, 5) is 9.81. The molecule has 0 fully saturated rings. The van der Waals surface area contributed by atoms with Crippen molar-refractivity contribution in [3.63, 3.8) is 0 Å². The maximum absolute atomic E-state index is 13.5. The molecule has 2 N–H and O–H groups in total. The van der Waals surface area contributed by atoms with Gasteiger partial charge in [0.2, 0.25) is 0 Å². The fourth-order valence-electron chi connectivity index (χ4n) is 1.38. The Bertz CT molecular complexity index is 405. The highest BCUT2D eigenvalue weighted by Crippen LogP contribution is 2.24. The lowest BCUT2D eigenvalue weighted by Crippen LogP contribution is -2.26. The number of nitro groups is 1. The van der Waals surface area contributed by atoms with Gasteiger partial charge in [-0.25, -0.2) is 4.39 Å². The van der Waals surface area contributed by atoms with E-state index in [1.807, 2.05) is 13.8 Å². The van der Waals surface area contributed by atoms with Crippen molar-refractivity contribution in [2.45, 2.75) is 20.3 Å². The number of nitro benzene ring substituents is 1. The van der Waals surface area contributed by atoms with Gasteiger partial charge in [0.1, 0.15) is 5.82 Å². The van der Waals surface area contributed by atoms with Crippen LogP contribution in [0.2, 0.25) is 0 Å². The molecule has 4 nitrogen and oxygen atoms in total. The molecule has 0 saturated heterocycles. The van der Waals surface area contributed by atoms with Gasteiger partial charge in [-0.3, -0.25) is 10.1 Å². The van der Waals surface area contributed by atoms with Crippen LogP contribution in [0.4, 0.5) is 10.1 Å². The first-order valence-electron chi connectivity index (χ1n) is 4.98. The molecule has 1 aromatic rings. The molecule has 0 aromatic heterocycles. The van der Waals surface area contributed by atoms with Crippen LogP contribution in [-0.2, 0) is 6.42 Å². The van der Waals surface area contributed by atoms with Gasteiger partial charge < -0.3 is 5.73 Å². The first kappa shape index (κ1) is 12.6. The van der Waals surface area contributed by atoms with Crippen LogP contribution in [0.3, 0.4) is 0 Å². The summed E-state index contributed by atoms with van der Waals surface area (Å²) in [6.45, 7) is 4.28. The maximum atomic E-state index is 13.5. The lowest BCUT2D eigenvalue weighted by molar-refractivity contribution is -0.385. The van der Waals surface area contributed by atoms with Gasteiger partial charge in [0.15, 0.2) is 0 Å². The Morgan fingerprint density at radius 2 is 2.12 bits per heavy atom. The van der Waals surface area contributed by atoms with Crippen LogP contribution in [0.25, 0.3) is 0 Å². The lowest BCUT2D eigenvalue weighted by atomic mass is 9.86. The van der Waals surface area contributed by atoms with E-state index in [1.165, 1.54) is 12.1 Å². The molecule has 0 aliphatic heterocycles. The molecule has 1 aromatic carbocycles. The molecule has 88 valence electrons. The number of non-ortho nitro benzene ring substituents is 1. The fourth-order valence-corrected chi connectivity index (χ4v) is 1.38. The van der Waals surface area contributed by atoms with Crippen molar-refractivity contribution < 1.29 is 9.31 Å². The van der Waals surface area contributed by atoms with Crippen molar-refractivity contribution >= 4 is 5.69 Å². The summed E-state index contributed by atoms with van der Waals surface area (Å²) in [6, 6.07) is 3.71. The second kappa shape index (κ2) is 4.57. The zero-order chi connectivity index (χ0) is 12.3. The lowest BCUT2D eigenvalue weighted by Gasteiger charge is -2.22. The second-order valence-electron chi connectivity index (χ2n) is 4.58. The van der Waals surface area contributed by atoms with Crippen molar-refractivity contribution in [1.82, 2.24) is 0 Å². The largest absolute Gasteiger partial charge is 0.330 e. The van der Waals surface area contributed by atoms with E-state index in [2.05, 4.69) is 0 Å². The Morgan fingerprint density at radius 3 is 2.56 bits per heavy atom. The maximum Gasteiger partial charge on any atom is 0.272 e. The molecule has 16 heavy (non-hydrogen) atoms. The summed E-state index contributed by atoms with van der Waals surface area (Å²) in [7, 11) is 0. The van der Waals surface area contributed by atoms with Crippen LogP contribution in [0.1, 0.15) is 19.4 Å². The number of rotatable bonds is 4. The minimum absolute atomic E-state index is 0.211. The molecule has 0 bridgehead atoms. The van der Waals surface area contributed by atoms with E-state index < -0.39 is 10.7 Å². The average molecular weight is 226 g/mol. The number of nitrogens with two attached hydrogens (primary N) is 1. The van der Waals surface area contributed by atoms with Crippen LogP contribution in [0, 0.1) is 21.3 Å². The molecule has 0 aliphatic carbocycles. The number of halogens is 1. The number of hydrogen-bond donors (Lipinski definition) is 1. The summed E-state index contributed by atoms with van der Waals surface area (Å²) in [6.07, 6.45) is 0.466. The predicted molar refractivity (Wildman–Crippen MR) is 59.6 cm³/mol. The van der Waals surface area contributed by atoms with Crippen LogP contribution >= 0.6 is 0 Å². The molecule has 0 aliphatic rings. The third-order valence-electron chi connectivity index (χ3n) is 2.47. The minimum Gasteiger partial charge on any atom is -0.330 e. The molecule has 0 radical (unpaired) electrons. The van der Waals surface area contributed by atoms with Crippen molar-refractivity contribution in [2.75, 3.05) is 6.54 Å². The van der Waals surface area contributed by atoms with E-state index in [1.54, 1.807) is 0 Å². The van der Waals surface area contributed by atoms with E-state index in [0.29, 0.717) is 18.5 Å². The Labute approximate surface area is 93.4 Å². The third-order valence-corrected chi connectivity index (χ3v) is 2.47. The van der Waals surface area contributed by atoms with Gasteiger partial charge >= 0.3 is 0 Å². The molecule has 0 saturated carbocycles. The van der Waals surface area contributed by atoms with E-state index in [4.69, 9.17) is 5.73 Å². The first-order valence-corrected chi connectivity index (χ1v) is 4.98. The second-order valence-corrected chi connectivity index (χ2v) is 4.58. The SMILES string of the molecule is CC(C)(CN)Cc1ccc([N+](=O)[O-])cc1F. The van der Waals surface area contributed by atoms with Crippen molar-refractivity contribution in [3.8, 4) is 0 Å². The Balaban J connectivity index is 2.96. The molecular formula is C11H15FN2O2. The van der Waals surface area contributed by atoms with E-state index in [9.17, 15) is 14.5 Å². The summed E-state index contributed by atoms with van der Waals surface area (Å²) < 4.78 is 13.5. The van der Waals surface area contributed by atoms with Gasteiger partial charge in [-0.2, -0.15) is 0 Å². The molecule has 0 amide bonds. The van der Waals surface area contributed by atoms with E-state index in [0.717, 1.165) is 6.07 Å². The van der Waals surface area contributed by atoms with Crippen molar-refractivity contribution in [3.05, 3.63) is 39.7 Å². The fraction of sp³-hybridized carbons (Fsp3) is 0.455. The van der Waals surface area contributed by atoms with Gasteiger partial charge in [-0.15, -0.1) is 0 Å². The monoisotopic (exact) mass is 226 g/mol. The number of nitrogens with zero attached hydrogens (tertiary/aromatic N) is 1. The van der Waals surface area contributed by atoms with Crippen LogP contribution in [0.15, 0.2) is 18.2 Å². The van der Waals surface area contributed by atoms with E-state index >= 15 is 0 Å². The Kier molecular flexibility index (Phi) is 3.59. The molecule has 0 heterocycles. The molecule has 0 spiro atoms. The van der Waals surface area contributed by atoms with Crippen LogP contribution in [0.5, 0.6) is 0 Å². The van der Waals surface area contributed by atoms with Crippen molar-refractivity contribution in [1.29, 1.82) is 0 Å². The standard InChI is InChI=1S/C11H15FN2O2/c1-11(2,7-13)6-8-3-4-9(14(15)16)5-10(8)12/h3-5H,6-7,13H2,1-2H3. The highest BCUT2D eigenvalue weighted by atomic mass is 19.1. The van der Waals surface area contributed by atoms with Crippen LogP contribution < -0.4 is 5.73 Å². The Morgan fingerprint density at radius 1 is 1.50 bits per heavy atom. The smallest absolute Gasteiger partial charge is 0.272 e. The van der Waals surface area contributed by atoms with Crippen LogP contribution in [-0.4, -0.2) is 11.5 Å². The summed E-state index contributed by atoms with van der Waals surface area (Å²) in [5.74, 6) is -0.546. The highest BCUT2D eigenvalue weighted by Gasteiger charge is 2.19. The topological polar surface area (TPSA) is 69.2 Å². The Hall–Kier alpha value is -1.49. The summed E-state index contributed by atoms with van der Waals surface area (Å²) >= 11 is 0. The minimum atomic E-state index is -0.610. The van der Waals surface area contributed by atoms with Gasteiger partial charge in [0.25, 0.3) is 5.69 Å². The first-order chi connectivity index (χ1) is 7.35. The number of hydrogen-bond acceptors (Lipinski definition) is 3. The molecule has 5 heteroatoms. The predicted octanol–water partition coefficient (Wildman–Crippen LogP) is 2.26.